The maximum absolute atomic E-state index is 2.24. The number of rotatable bonds is 0. The fourth-order valence-electron chi connectivity index (χ4n) is 2.02. The van der Waals surface area contributed by atoms with Crippen molar-refractivity contribution in [2.24, 2.45) is 0 Å². The van der Waals surface area contributed by atoms with E-state index in [9.17, 15) is 0 Å². The molecule has 0 amide bonds. The number of benzene rings is 2. The lowest BCUT2D eigenvalue weighted by atomic mass is 10.0. The van der Waals surface area contributed by atoms with Crippen molar-refractivity contribution in [1.29, 1.82) is 0 Å². The second-order valence-corrected chi connectivity index (χ2v) is 3.93. The van der Waals surface area contributed by atoms with Gasteiger partial charge in [0.1, 0.15) is 0 Å². The van der Waals surface area contributed by atoms with Gasteiger partial charge in [-0.25, -0.2) is 0 Å². The van der Waals surface area contributed by atoms with Crippen LogP contribution in [0.15, 0.2) is 72.8 Å². The van der Waals surface area contributed by atoms with Gasteiger partial charge in [0, 0.05) is 0 Å². The number of fused-ring (bicyclic) bond motifs is 1. The van der Waals surface area contributed by atoms with Crippen molar-refractivity contribution in [3.05, 3.63) is 72.8 Å². The molecule has 0 aliphatic rings. The molecule has 3 aromatic rings. The maximum Gasteiger partial charge on any atom is -0.0105 e. The van der Waals surface area contributed by atoms with E-state index in [0.29, 0.717) is 0 Å². The first-order valence-corrected chi connectivity index (χ1v) is 6.48. The van der Waals surface area contributed by atoms with Gasteiger partial charge in [-0.05, 0) is 27.6 Å². The van der Waals surface area contributed by atoms with E-state index in [0.717, 1.165) is 0 Å². The first kappa shape index (κ1) is 12.4. The van der Waals surface area contributed by atoms with Crippen molar-refractivity contribution in [3.8, 4) is 0 Å². The first-order valence-electron chi connectivity index (χ1n) is 6.48. The molecular formula is C18H18. The highest BCUT2D eigenvalue weighted by Crippen LogP contribution is 2.21. The minimum Gasteiger partial charge on any atom is -0.0683 e. The molecule has 0 unspecified atom stereocenters. The Kier molecular flexibility index (Phi) is 4.14. The first-order chi connectivity index (χ1) is 8.93. The molecule has 0 aliphatic heterocycles. The van der Waals surface area contributed by atoms with Gasteiger partial charge in [-0.3, -0.25) is 0 Å². The topological polar surface area (TPSA) is 0 Å². The molecule has 18 heavy (non-hydrogen) atoms. The molecule has 0 saturated carbocycles. The average Bonchev–Trinajstić information content (AvgIpc) is 2.45. The van der Waals surface area contributed by atoms with Gasteiger partial charge in [0.25, 0.3) is 0 Å². The predicted molar refractivity (Wildman–Crippen MR) is 81.6 cm³/mol. The van der Waals surface area contributed by atoms with Gasteiger partial charge in [0.15, 0.2) is 0 Å². The van der Waals surface area contributed by atoms with Crippen LogP contribution in [0, 0.1) is 0 Å². The minimum absolute atomic E-state index is 1.25. The zero-order valence-electron chi connectivity index (χ0n) is 10.9. The Labute approximate surface area is 109 Å². The summed E-state index contributed by atoms with van der Waals surface area (Å²) in [4.78, 5) is 0. The van der Waals surface area contributed by atoms with Crippen LogP contribution in [0.3, 0.4) is 0 Å². The van der Waals surface area contributed by atoms with Crippen LogP contribution < -0.4 is 0 Å². The Morgan fingerprint density at radius 2 is 1.17 bits per heavy atom. The highest BCUT2D eigenvalue weighted by Gasteiger charge is 1.94. The summed E-state index contributed by atoms with van der Waals surface area (Å²) in [5.41, 5.74) is 0. The summed E-state index contributed by atoms with van der Waals surface area (Å²) >= 11 is 0. The van der Waals surface area contributed by atoms with Crippen molar-refractivity contribution in [2.45, 2.75) is 13.8 Å². The smallest absolute Gasteiger partial charge is 0.0105 e. The van der Waals surface area contributed by atoms with Gasteiger partial charge in [0.2, 0.25) is 0 Å². The average molecular weight is 234 g/mol. The van der Waals surface area contributed by atoms with E-state index in [2.05, 4.69) is 72.8 Å². The summed E-state index contributed by atoms with van der Waals surface area (Å²) in [5, 5.41) is 5.14. The lowest BCUT2D eigenvalue weighted by Gasteiger charge is -2.00. The van der Waals surface area contributed by atoms with Crippen LogP contribution in [-0.2, 0) is 0 Å². The summed E-state index contributed by atoms with van der Waals surface area (Å²) in [6.45, 7) is 4.00. The van der Waals surface area contributed by atoms with Crippen LogP contribution in [-0.4, -0.2) is 0 Å². The SMILES string of the molecule is CC.c1cccc2cccc3ccc(cc1)cc23. The molecule has 0 nitrogen and oxygen atoms in total. The Hall–Kier alpha value is -2.08. The molecule has 3 aromatic carbocycles. The van der Waals surface area contributed by atoms with Gasteiger partial charge in [-0.15, -0.1) is 0 Å². The molecule has 0 N–H and O–H groups in total. The van der Waals surface area contributed by atoms with E-state index in [4.69, 9.17) is 0 Å². The van der Waals surface area contributed by atoms with Crippen LogP contribution in [0.4, 0.5) is 0 Å². The second kappa shape index (κ2) is 6.02. The Morgan fingerprint density at radius 1 is 0.556 bits per heavy atom. The van der Waals surface area contributed by atoms with Crippen LogP contribution in [0.1, 0.15) is 13.8 Å². The molecule has 90 valence electrons. The van der Waals surface area contributed by atoms with E-state index in [1.165, 1.54) is 21.5 Å². The van der Waals surface area contributed by atoms with Gasteiger partial charge >= 0.3 is 0 Å². The van der Waals surface area contributed by atoms with Crippen molar-refractivity contribution < 1.29 is 0 Å². The molecule has 0 spiro atoms. The highest BCUT2D eigenvalue weighted by atomic mass is 14.0. The van der Waals surface area contributed by atoms with Crippen LogP contribution >= 0.6 is 0 Å². The highest BCUT2D eigenvalue weighted by molar-refractivity contribution is 6.00. The Morgan fingerprint density at radius 3 is 1.94 bits per heavy atom. The predicted octanol–water partition coefficient (Wildman–Crippen LogP) is 5.58. The minimum atomic E-state index is 1.25. The zero-order chi connectivity index (χ0) is 12.8. The summed E-state index contributed by atoms with van der Waals surface area (Å²) in [7, 11) is 0. The van der Waals surface area contributed by atoms with E-state index in [1.54, 1.807) is 0 Å². The molecule has 0 aliphatic carbocycles. The second-order valence-electron chi connectivity index (χ2n) is 3.93. The maximum atomic E-state index is 2.24. The molecular weight excluding hydrogens is 216 g/mol. The fourth-order valence-corrected chi connectivity index (χ4v) is 2.02. The zero-order valence-corrected chi connectivity index (χ0v) is 10.9. The molecule has 0 radical (unpaired) electrons. The molecule has 3 rings (SSSR count). The third-order valence-corrected chi connectivity index (χ3v) is 2.84. The van der Waals surface area contributed by atoms with Gasteiger partial charge in [-0.2, -0.15) is 0 Å². The molecule has 0 aromatic heterocycles. The van der Waals surface area contributed by atoms with Crippen LogP contribution in [0.2, 0.25) is 0 Å². The quantitative estimate of drug-likeness (QED) is 0.476. The lowest BCUT2D eigenvalue weighted by Crippen LogP contribution is -1.73. The van der Waals surface area contributed by atoms with E-state index in [-0.39, 0.29) is 0 Å². The summed E-state index contributed by atoms with van der Waals surface area (Å²) in [5.74, 6) is 0. The summed E-state index contributed by atoms with van der Waals surface area (Å²) in [6.07, 6.45) is 0. The van der Waals surface area contributed by atoms with E-state index >= 15 is 0 Å². The third kappa shape index (κ3) is 2.60. The molecule has 0 atom stereocenters. The molecule has 0 saturated heterocycles. The molecule has 0 heteroatoms. The van der Waals surface area contributed by atoms with E-state index in [1.807, 2.05) is 13.8 Å². The summed E-state index contributed by atoms with van der Waals surface area (Å²) < 4.78 is 0. The number of hydrogen-bond acceptors (Lipinski definition) is 0. The monoisotopic (exact) mass is 234 g/mol. The number of hydrogen-bond donors (Lipinski definition) is 0. The van der Waals surface area contributed by atoms with Gasteiger partial charge < -0.3 is 0 Å². The van der Waals surface area contributed by atoms with Crippen LogP contribution in [0.25, 0.3) is 21.5 Å². The van der Waals surface area contributed by atoms with Crippen molar-refractivity contribution in [3.63, 3.8) is 0 Å². The largest absolute Gasteiger partial charge is 0.0683 e. The van der Waals surface area contributed by atoms with Crippen molar-refractivity contribution in [2.75, 3.05) is 0 Å². The fraction of sp³-hybridized carbons (Fsp3) is 0.111. The van der Waals surface area contributed by atoms with Gasteiger partial charge in [-0.1, -0.05) is 80.6 Å². The lowest BCUT2D eigenvalue weighted by molar-refractivity contribution is 1.50. The van der Waals surface area contributed by atoms with Crippen LogP contribution in [0.5, 0.6) is 0 Å². The third-order valence-electron chi connectivity index (χ3n) is 2.84. The normalized spacial score (nSPS) is 9.67. The van der Waals surface area contributed by atoms with Crippen molar-refractivity contribution in [1.82, 2.24) is 0 Å². The Bertz CT molecular complexity index is 660. The Balaban J connectivity index is 0.000000574. The van der Waals surface area contributed by atoms with Gasteiger partial charge in [0.05, 0.1) is 0 Å². The van der Waals surface area contributed by atoms with Crippen molar-refractivity contribution >= 4 is 21.5 Å². The summed E-state index contributed by atoms with van der Waals surface area (Å²) in [6, 6.07) is 25.5. The molecule has 0 fully saturated rings. The standard InChI is InChI=1S/C16H12.C2H6/c1-2-4-7-14-8-5-9-15-11-10-13(6-3-1)12-16(14)15;1-2/h1-12H;1-2H3. The molecule has 0 heterocycles. The van der Waals surface area contributed by atoms with E-state index < -0.39 is 0 Å². The molecule has 2 bridgehead atoms.